The maximum atomic E-state index is 12.9. The molecule has 142 valence electrons. The quantitative estimate of drug-likeness (QED) is 0.542. The highest BCUT2D eigenvalue weighted by Crippen LogP contribution is 2.64. The number of nitrogens with zero attached hydrogens (tertiary/aromatic N) is 1. The zero-order chi connectivity index (χ0) is 19.2. The zero-order valence-electron chi connectivity index (χ0n) is 14.8. The van der Waals surface area contributed by atoms with Crippen molar-refractivity contribution < 1.29 is 14.3 Å². The molecule has 1 aromatic carbocycles. The fraction of sp³-hybridized carbons (Fsp3) is 0.550. The topological polar surface area (TPSA) is 79.2 Å². The Hall–Kier alpha value is -1.58. The summed E-state index contributed by atoms with van der Waals surface area (Å²) in [5, 5.41) is 12.1. The molecule has 27 heavy (non-hydrogen) atoms. The van der Waals surface area contributed by atoms with Crippen molar-refractivity contribution in [3.8, 4) is 6.07 Å². The van der Waals surface area contributed by atoms with Crippen molar-refractivity contribution in [2.75, 3.05) is 11.9 Å². The van der Waals surface area contributed by atoms with Gasteiger partial charge >= 0.3 is 5.97 Å². The largest absolute Gasteiger partial charge is 0.455 e. The average molecular weight is 452 g/mol. The number of hydrogen-bond donors (Lipinski definition) is 1. The molecule has 1 amide bonds. The maximum absolute atomic E-state index is 12.9. The van der Waals surface area contributed by atoms with E-state index in [1.807, 2.05) is 6.07 Å². The minimum atomic E-state index is -0.472. The predicted octanol–water partition coefficient (Wildman–Crippen LogP) is 4.43. The third-order valence-corrected chi connectivity index (χ3v) is 7.30. The van der Waals surface area contributed by atoms with Gasteiger partial charge in [-0.2, -0.15) is 5.26 Å². The van der Waals surface area contributed by atoms with E-state index < -0.39 is 11.3 Å². The normalized spacial score (nSPS) is 33.4. The van der Waals surface area contributed by atoms with E-state index in [0.717, 1.165) is 32.1 Å². The van der Waals surface area contributed by atoms with Crippen LogP contribution in [0.15, 0.2) is 18.2 Å². The number of rotatable bonds is 4. The van der Waals surface area contributed by atoms with Crippen molar-refractivity contribution in [3.05, 3.63) is 28.8 Å². The molecule has 5 nitrogen and oxygen atoms in total. The summed E-state index contributed by atoms with van der Waals surface area (Å²) in [6.07, 6.45) is 5.98. The van der Waals surface area contributed by atoms with E-state index in [0.29, 0.717) is 28.1 Å². The lowest BCUT2D eigenvalue weighted by atomic mass is 9.49. The van der Waals surface area contributed by atoms with Crippen LogP contribution >= 0.6 is 27.5 Å². The molecule has 4 saturated carbocycles. The summed E-state index contributed by atoms with van der Waals surface area (Å²) >= 11 is 9.80. The number of halogens is 2. The van der Waals surface area contributed by atoms with Crippen LogP contribution in [0.4, 0.5) is 5.69 Å². The molecule has 0 radical (unpaired) electrons. The average Bonchev–Trinajstić information content (AvgIpc) is 2.57. The summed E-state index contributed by atoms with van der Waals surface area (Å²) in [5.41, 5.74) is 0.170. The SMILES string of the molecule is N#Cc1ccc(Cl)cc1NC(=O)COC(=O)C12C[C@H]3C[C@@H](CC(Br)(C3)C1)C2. The van der Waals surface area contributed by atoms with Gasteiger partial charge in [0.1, 0.15) is 6.07 Å². The first-order valence-corrected chi connectivity index (χ1v) is 10.3. The number of anilines is 1. The van der Waals surface area contributed by atoms with Crippen molar-refractivity contribution in [1.82, 2.24) is 0 Å². The minimum Gasteiger partial charge on any atom is -0.455 e. The number of carbonyl (C=O) groups excluding carboxylic acids is 2. The van der Waals surface area contributed by atoms with Gasteiger partial charge in [0.15, 0.2) is 6.61 Å². The molecule has 7 heteroatoms. The summed E-state index contributed by atoms with van der Waals surface area (Å²) in [5.74, 6) is 0.399. The third kappa shape index (κ3) is 3.60. The number of esters is 1. The van der Waals surface area contributed by atoms with Crippen LogP contribution in [-0.4, -0.2) is 22.8 Å². The molecule has 4 aliphatic rings. The molecule has 0 saturated heterocycles. The fourth-order valence-electron chi connectivity index (χ4n) is 5.58. The lowest BCUT2D eigenvalue weighted by Gasteiger charge is -2.58. The first-order valence-electron chi connectivity index (χ1n) is 9.17. The summed E-state index contributed by atoms with van der Waals surface area (Å²) in [7, 11) is 0. The van der Waals surface area contributed by atoms with E-state index in [9.17, 15) is 9.59 Å². The Morgan fingerprint density at radius 1 is 1.30 bits per heavy atom. The lowest BCUT2D eigenvalue weighted by molar-refractivity contribution is -0.170. The molecule has 5 rings (SSSR count). The van der Waals surface area contributed by atoms with Gasteiger partial charge in [-0.05, 0) is 68.6 Å². The van der Waals surface area contributed by atoms with Crippen molar-refractivity contribution in [1.29, 1.82) is 5.26 Å². The van der Waals surface area contributed by atoms with E-state index in [4.69, 9.17) is 21.6 Å². The molecule has 4 aliphatic carbocycles. The number of amides is 1. The second-order valence-electron chi connectivity index (χ2n) is 8.32. The second kappa shape index (κ2) is 6.79. The molecular weight excluding hydrogens is 432 g/mol. The van der Waals surface area contributed by atoms with E-state index in [1.165, 1.54) is 18.6 Å². The number of carbonyl (C=O) groups is 2. The molecule has 0 aliphatic heterocycles. The molecule has 1 N–H and O–H groups in total. The van der Waals surface area contributed by atoms with Crippen LogP contribution in [0.5, 0.6) is 0 Å². The summed E-state index contributed by atoms with van der Waals surface area (Å²) in [6.45, 7) is -0.359. The fourth-order valence-corrected chi connectivity index (χ4v) is 7.20. The van der Waals surface area contributed by atoms with Gasteiger partial charge in [0.25, 0.3) is 5.91 Å². The number of benzene rings is 1. The number of ether oxygens (including phenoxy) is 1. The van der Waals surface area contributed by atoms with E-state index in [2.05, 4.69) is 21.2 Å². The Bertz CT molecular complexity index is 836. The Morgan fingerprint density at radius 2 is 2.00 bits per heavy atom. The standard InChI is InChI=1S/C20H20BrClN2O3/c21-20-7-12-3-13(8-20)6-19(5-12,11-20)18(26)27-10-17(25)24-16-4-15(22)2-1-14(16)9-23/h1-2,4,12-13H,3,5-8,10-11H2,(H,24,25)/t12-,13-,19?,20?/m1/s1. The smallest absolute Gasteiger partial charge is 0.312 e. The first kappa shape index (κ1) is 18.8. The van der Waals surface area contributed by atoms with E-state index in [1.54, 1.807) is 6.07 Å². The highest BCUT2D eigenvalue weighted by molar-refractivity contribution is 9.10. The van der Waals surface area contributed by atoms with Gasteiger partial charge in [-0.15, -0.1) is 0 Å². The van der Waals surface area contributed by atoms with Crippen LogP contribution < -0.4 is 5.32 Å². The Morgan fingerprint density at radius 3 is 2.63 bits per heavy atom. The maximum Gasteiger partial charge on any atom is 0.312 e. The summed E-state index contributed by atoms with van der Waals surface area (Å²) < 4.78 is 5.48. The molecule has 4 bridgehead atoms. The van der Waals surface area contributed by atoms with Crippen LogP contribution in [0.1, 0.15) is 44.1 Å². The number of nitrogens with one attached hydrogen (secondary N) is 1. The van der Waals surface area contributed by atoms with Gasteiger partial charge in [-0.25, -0.2) is 0 Å². The molecular formula is C20H20BrClN2O3. The highest BCUT2D eigenvalue weighted by atomic mass is 79.9. The van der Waals surface area contributed by atoms with Gasteiger partial charge in [0, 0.05) is 9.35 Å². The van der Waals surface area contributed by atoms with Crippen molar-refractivity contribution in [2.45, 2.75) is 42.8 Å². The predicted molar refractivity (Wildman–Crippen MR) is 105 cm³/mol. The van der Waals surface area contributed by atoms with Crippen LogP contribution in [0, 0.1) is 28.6 Å². The van der Waals surface area contributed by atoms with E-state index >= 15 is 0 Å². The molecule has 1 aromatic rings. The van der Waals surface area contributed by atoms with Crippen LogP contribution in [0.3, 0.4) is 0 Å². The van der Waals surface area contributed by atoms with Gasteiger partial charge in [0.05, 0.1) is 16.7 Å². The van der Waals surface area contributed by atoms with Crippen molar-refractivity contribution in [2.24, 2.45) is 17.3 Å². The molecule has 2 atom stereocenters. The number of alkyl halides is 1. The van der Waals surface area contributed by atoms with Crippen molar-refractivity contribution in [3.63, 3.8) is 0 Å². The molecule has 0 aromatic heterocycles. The Kier molecular flexibility index (Phi) is 4.72. The second-order valence-corrected chi connectivity index (χ2v) is 10.4. The van der Waals surface area contributed by atoms with Crippen LogP contribution in [-0.2, 0) is 14.3 Å². The van der Waals surface area contributed by atoms with Crippen LogP contribution in [0.2, 0.25) is 5.02 Å². The van der Waals surface area contributed by atoms with Gasteiger partial charge in [0.2, 0.25) is 0 Å². The zero-order valence-corrected chi connectivity index (χ0v) is 17.1. The van der Waals surface area contributed by atoms with Gasteiger partial charge in [-0.1, -0.05) is 27.5 Å². The van der Waals surface area contributed by atoms with Crippen molar-refractivity contribution >= 4 is 45.1 Å². The van der Waals surface area contributed by atoms with Crippen LogP contribution in [0.25, 0.3) is 0 Å². The minimum absolute atomic E-state index is 0.0564. The molecule has 0 spiro atoms. The molecule has 0 heterocycles. The summed E-state index contributed by atoms with van der Waals surface area (Å²) in [6, 6.07) is 6.63. The first-order chi connectivity index (χ1) is 12.8. The highest BCUT2D eigenvalue weighted by Gasteiger charge is 2.60. The number of nitriles is 1. The molecule has 0 unspecified atom stereocenters. The van der Waals surface area contributed by atoms with Gasteiger partial charge in [-0.3, -0.25) is 9.59 Å². The third-order valence-electron chi connectivity index (χ3n) is 6.13. The van der Waals surface area contributed by atoms with Gasteiger partial charge < -0.3 is 10.1 Å². The molecule has 4 fully saturated rings. The van der Waals surface area contributed by atoms with E-state index in [-0.39, 0.29) is 16.9 Å². The Labute approximate surface area is 171 Å². The Balaban J connectivity index is 1.39. The number of hydrogen-bond acceptors (Lipinski definition) is 4. The lowest BCUT2D eigenvalue weighted by Crippen LogP contribution is -2.56. The monoisotopic (exact) mass is 450 g/mol. The summed E-state index contributed by atoms with van der Waals surface area (Å²) in [4.78, 5) is 25.1.